The van der Waals surface area contributed by atoms with Crippen molar-refractivity contribution in [1.29, 1.82) is 0 Å². The highest BCUT2D eigenvalue weighted by atomic mass is 19.1. The van der Waals surface area contributed by atoms with Crippen LogP contribution in [0.4, 0.5) is 13.6 Å². The van der Waals surface area contributed by atoms with Crippen molar-refractivity contribution in [1.82, 2.24) is 10.2 Å². The molecule has 116 valence electrons. The van der Waals surface area contributed by atoms with Gasteiger partial charge in [0.2, 0.25) is 0 Å². The lowest BCUT2D eigenvalue weighted by molar-refractivity contribution is 0.0958. The molecule has 1 aliphatic rings. The average molecular weight is 298 g/mol. The van der Waals surface area contributed by atoms with Gasteiger partial charge in [-0.15, -0.1) is 0 Å². The summed E-state index contributed by atoms with van der Waals surface area (Å²) in [6.07, 6.45) is 0.245. The van der Waals surface area contributed by atoms with Gasteiger partial charge in [-0.25, -0.2) is 13.6 Å². The molecule has 1 aliphatic heterocycles. The number of benzene rings is 1. The van der Waals surface area contributed by atoms with E-state index in [2.05, 4.69) is 5.32 Å². The van der Waals surface area contributed by atoms with E-state index in [1.807, 2.05) is 0 Å². The minimum absolute atomic E-state index is 0.0748. The standard InChI is InChI=1S/C15H20F2N2O2/c1-10-8-11(17)2-3-13(10)14-9-12(18-6-5-16)4-7-19(14)15(20)21/h2-3,8,12,14,18H,4-7,9H2,1H3,(H,20,21). The number of halogens is 2. The molecule has 2 unspecified atom stereocenters. The Morgan fingerprint density at radius 1 is 1.52 bits per heavy atom. The van der Waals surface area contributed by atoms with Crippen LogP contribution in [0.3, 0.4) is 0 Å². The lowest BCUT2D eigenvalue weighted by atomic mass is 9.89. The molecule has 0 aliphatic carbocycles. The third-order valence-corrected chi connectivity index (χ3v) is 3.97. The van der Waals surface area contributed by atoms with Crippen molar-refractivity contribution in [2.24, 2.45) is 0 Å². The molecule has 2 atom stereocenters. The highest BCUT2D eigenvalue weighted by molar-refractivity contribution is 5.66. The Labute approximate surface area is 122 Å². The first-order chi connectivity index (χ1) is 10.0. The summed E-state index contributed by atoms with van der Waals surface area (Å²) in [5.41, 5.74) is 1.54. The van der Waals surface area contributed by atoms with Crippen LogP contribution in [0.15, 0.2) is 18.2 Å². The number of amides is 1. The monoisotopic (exact) mass is 298 g/mol. The molecule has 21 heavy (non-hydrogen) atoms. The number of aryl methyl sites for hydroxylation is 1. The number of hydrogen-bond donors (Lipinski definition) is 2. The van der Waals surface area contributed by atoms with E-state index in [0.717, 1.165) is 11.1 Å². The largest absolute Gasteiger partial charge is 0.465 e. The van der Waals surface area contributed by atoms with Gasteiger partial charge in [0.25, 0.3) is 0 Å². The number of carbonyl (C=O) groups is 1. The number of nitrogens with one attached hydrogen (secondary N) is 1. The van der Waals surface area contributed by atoms with Crippen LogP contribution in [0.25, 0.3) is 0 Å². The molecule has 1 fully saturated rings. The molecule has 2 N–H and O–H groups in total. The normalized spacial score (nSPS) is 22.3. The van der Waals surface area contributed by atoms with Crippen LogP contribution in [-0.2, 0) is 0 Å². The second kappa shape index (κ2) is 6.85. The molecule has 4 nitrogen and oxygen atoms in total. The van der Waals surface area contributed by atoms with Crippen LogP contribution in [0.5, 0.6) is 0 Å². The molecule has 1 aromatic rings. The Hall–Kier alpha value is -1.69. The summed E-state index contributed by atoms with van der Waals surface area (Å²) in [6.45, 7) is 1.99. The Morgan fingerprint density at radius 3 is 2.90 bits per heavy atom. The molecule has 0 radical (unpaired) electrons. The maximum Gasteiger partial charge on any atom is 0.407 e. The number of nitrogens with zero attached hydrogens (tertiary/aromatic N) is 1. The zero-order valence-corrected chi connectivity index (χ0v) is 12.0. The van der Waals surface area contributed by atoms with E-state index >= 15 is 0 Å². The predicted octanol–water partition coefficient (Wildman–Crippen LogP) is 2.88. The van der Waals surface area contributed by atoms with Gasteiger partial charge in [0.15, 0.2) is 0 Å². The smallest absolute Gasteiger partial charge is 0.407 e. The van der Waals surface area contributed by atoms with Crippen LogP contribution in [0.1, 0.15) is 30.0 Å². The van der Waals surface area contributed by atoms with Gasteiger partial charge in [0.05, 0.1) is 6.04 Å². The van der Waals surface area contributed by atoms with E-state index in [1.165, 1.54) is 17.0 Å². The fraction of sp³-hybridized carbons (Fsp3) is 0.533. The van der Waals surface area contributed by atoms with Crippen molar-refractivity contribution in [2.45, 2.75) is 31.8 Å². The Bertz CT molecular complexity index is 510. The molecule has 0 saturated carbocycles. The van der Waals surface area contributed by atoms with Crippen molar-refractivity contribution < 1.29 is 18.7 Å². The third-order valence-electron chi connectivity index (χ3n) is 3.97. The number of likely N-dealkylation sites (tertiary alicyclic amines) is 1. The van der Waals surface area contributed by atoms with E-state index in [4.69, 9.17) is 0 Å². The van der Waals surface area contributed by atoms with Crippen LogP contribution in [-0.4, -0.2) is 41.9 Å². The number of rotatable bonds is 4. The average Bonchev–Trinajstić information content (AvgIpc) is 2.44. The van der Waals surface area contributed by atoms with Crippen molar-refractivity contribution in [3.05, 3.63) is 35.1 Å². The van der Waals surface area contributed by atoms with Gasteiger partial charge in [0, 0.05) is 19.1 Å². The molecule has 6 heteroatoms. The Morgan fingerprint density at radius 2 is 2.29 bits per heavy atom. The second-order valence-corrected chi connectivity index (χ2v) is 5.36. The van der Waals surface area contributed by atoms with E-state index in [1.54, 1.807) is 13.0 Å². The maximum absolute atomic E-state index is 13.2. The first-order valence-corrected chi connectivity index (χ1v) is 7.08. The van der Waals surface area contributed by atoms with Crippen molar-refractivity contribution in [2.75, 3.05) is 19.8 Å². The summed E-state index contributed by atoms with van der Waals surface area (Å²) >= 11 is 0. The van der Waals surface area contributed by atoms with Crippen molar-refractivity contribution >= 4 is 6.09 Å². The molecule has 1 amide bonds. The van der Waals surface area contributed by atoms with E-state index in [9.17, 15) is 18.7 Å². The number of piperidine rings is 1. The first kappa shape index (κ1) is 15.7. The molecule has 0 spiro atoms. The molecule has 2 rings (SSSR count). The SMILES string of the molecule is Cc1cc(F)ccc1C1CC(NCCF)CCN1C(=O)O. The molecular formula is C15H20F2N2O2. The molecule has 1 saturated heterocycles. The first-order valence-electron chi connectivity index (χ1n) is 7.08. The van der Waals surface area contributed by atoms with Gasteiger partial charge in [-0.1, -0.05) is 6.07 Å². The Kier molecular flexibility index (Phi) is 5.12. The van der Waals surface area contributed by atoms with Crippen molar-refractivity contribution in [3.8, 4) is 0 Å². The molecule has 1 aromatic carbocycles. The summed E-state index contributed by atoms with van der Waals surface area (Å²) in [4.78, 5) is 12.8. The lowest BCUT2D eigenvalue weighted by Gasteiger charge is -2.39. The van der Waals surface area contributed by atoms with Crippen LogP contribution < -0.4 is 5.32 Å². The summed E-state index contributed by atoms with van der Waals surface area (Å²) in [6, 6.07) is 4.15. The summed E-state index contributed by atoms with van der Waals surface area (Å²) in [5, 5.41) is 12.4. The fourth-order valence-electron chi connectivity index (χ4n) is 2.95. The van der Waals surface area contributed by atoms with Crippen LogP contribution in [0, 0.1) is 12.7 Å². The topological polar surface area (TPSA) is 52.6 Å². The molecule has 0 aromatic heterocycles. The zero-order valence-electron chi connectivity index (χ0n) is 12.0. The minimum atomic E-state index is -0.979. The van der Waals surface area contributed by atoms with E-state index in [-0.39, 0.29) is 24.4 Å². The maximum atomic E-state index is 13.2. The van der Waals surface area contributed by atoms with E-state index < -0.39 is 12.8 Å². The highest BCUT2D eigenvalue weighted by Crippen LogP contribution is 2.33. The molecule has 0 bridgehead atoms. The lowest BCUT2D eigenvalue weighted by Crippen LogP contribution is -2.46. The Balaban J connectivity index is 2.23. The number of hydrogen-bond acceptors (Lipinski definition) is 2. The van der Waals surface area contributed by atoms with Gasteiger partial charge < -0.3 is 15.3 Å². The second-order valence-electron chi connectivity index (χ2n) is 5.36. The van der Waals surface area contributed by atoms with Gasteiger partial charge >= 0.3 is 6.09 Å². The zero-order chi connectivity index (χ0) is 15.4. The number of carboxylic acid groups (broad SMARTS) is 1. The van der Waals surface area contributed by atoms with Gasteiger partial charge in [-0.2, -0.15) is 0 Å². The summed E-state index contributed by atoms with van der Waals surface area (Å²) < 4.78 is 25.5. The quantitative estimate of drug-likeness (QED) is 0.898. The van der Waals surface area contributed by atoms with Crippen LogP contribution >= 0.6 is 0 Å². The van der Waals surface area contributed by atoms with Gasteiger partial charge in [-0.3, -0.25) is 0 Å². The fourth-order valence-corrected chi connectivity index (χ4v) is 2.95. The van der Waals surface area contributed by atoms with Gasteiger partial charge in [-0.05, 0) is 43.0 Å². The predicted molar refractivity (Wildman–Crippen MR) is 75.6 cm³/mol. The molecule has 1 heterocycles. The van der Waals surface area contributed by atoms with Crippen LogP contribution in [0.2, 0.25) is 0 Å². The summed E-state index contributed by atoms with van der Waals surface area (Å²) in [7, 11) is 0. The highest BCUT2D eigenvalue weighted by Gasteiger charge is 2.33. The van der Waals surface area contributed by atoms with Crippen molar-refractivity contribution in [3.63, 3.8) is 0 Å². The van der Waals surface area contributed by atoms with Gasteiger partial charge in [0.1, 0.15) is 12.5 Å². The number of alkyl halides is 1. The summed E-state index contributed by atoms with van der Waals surface area (Å²) in [5.74, 6) is -0.332. The minimum Gasteiger partial charge on any atom is -0.465 e. The molecular weight excluding hydrogens is 278 g/mol. The third kappa shape index (κ3) is 3.69. The van der Waals surface area contributed by atoms with E-state index in [0.29, 0.717) is 19.4 Å².